The molecule has 96 valence electrons. The average molecular weight is 239 g/mol. The molecule has 1 aliphatic rings. The summed E-state index contributed by atoms with van der Waals surface area (Å²) in [6.45, 7) is 3.77. The Bertz CT molecular complexity index is 323. The van der Waals surface area contributed by atoms with Crippen LogP contribution in [0, 0.1) is 5.92 Å². The summed E-state index contributed by atoms with van der Waals surface area (Å²) in [5.41, 5.74) is 0.713. The van der Waals surface area contributed by atoms with Crippen LogP contribution in [0.5, 0.6) is 0 Å². The minimum absolute atomic E-state index is 0.0116. The van der Waals surface area contributed by atoms with Crippen LogP contribution in [0.3, 0.4) is 0 Å². The molecule has 4 heteroatoms. The van der Waals surface area contributed by atoms with Gasteiger partial charge in [0.25, 0.3) is 0 Å². The summed E-state index contributed by atoms with van der Waals surface area (Å²) < 4.78 is 0. The molecule has 0 aromatic rings. The van der Waals surface area contributed by atoms with E-state index in [0.717, 1.165) is 25.7 Å². The van der Waals surface area contributed by atoms with Gasteiger partial charge in [-0.2, -0.15) is 0 Å². The Labute approximate surface area is 102 Å². The van der Waals surface area contributed by atoms with E-state index in [1.807, 2.05) is 13.0 Å². The molecule has 1 amide bonds. The maximum absolute atomic E-state index is 11.8. The first-order valence-corrected chi connectivity index (χ1v) is 6.25. The number of carbonyl (C=O) groups excluding carboxylic acids is 1. The van der Waals surface area contributed by atoms with Crippen molar-refractivity contribution < 1.29 is 14.7 Å². The van der Waals surface area contributed by atoms with Crippen LogP contribution in [0.4, 0.5) is 0 Å². The molecule has 1 rings (SSSR count). The number of carboxylic acid groups (broad SMARTS) is 1. The predicted octanol–water partition coefficient (Wildman–Crippen LogP) is 2.10. The molecule has 0 bridgehead atoms. The third kappa shape index (κ3) is 4.21. The number of hydrogen-bond acceptors (Lipinski definition) is 2. The first-order chi connectivity index (χ1) is 8.04. The fourth-order valence-corrected chi connectivity index (χ4v) is 2.24. The van der Waals surface area contributed by atoms with Crippen LogP contribution in [0.15, 0.2) is 11.6 Å². The minimum atomic E-state index is -0.746. The monoisotopic (exact) mass is 239 g/mol. The molecular weight excluding hydrogens is 218 g/mol. The van der Waals surface area contributed by atoms with Crippen molar-refractivity contribution in [2.75, 3.05) is 0 Å². The molecule has 0 spiro atoms. The van der Waals surface area contributed by atoms with E-state index in [-0.39, 0.29) is 17.9 Å². The Morgan fingerprint density at radius 2 is 2.12 bits per heavy atom. The molecule has 0 radical (unpaired) electrons. The molecule has 2 N–H and O–H groups in total. The summed E-state index contributed by atoms with van der Waals surface area (Å²) in [6.07, 6.45) is 5.76. The lowest BCUT2D eigenvalue weighted by atomic mass is 9.85. The summed E-state index contributed by atoms with van der Waals surface area (Å²) in [7, 11) is 0. The van der Waals surface area contributed by atoms with Crippen LogP contribution in [0.1, 0.15) is 46.0 Å². The topological polar surface area (TPSA) is 66.4 Å². The summed E-state index contributed by atoms with van der Waals surface area (Å²) in [4.78, 5) is 22.6. The van der Waals surface area contributed by atoms with E-state index in [2.05, 4.69) is 5.32 Å². The van der Waals surface area contributed by atoms with Crippen molar-refractivity contribution in [1.82, 2.24) is 5.32 Å². The lowest BCUT2D eigenvalue weighted by molar-refractivity contribution is -0.143. The number of allylic oxidation sites excluding steroid dienone is 1. The highest BCUT2D eigenvalue weighted by molar-refractivity contribution is 5.92. The second-order valence-electron chi connectivity index (χ2n) is 4.67. The van der Waals surface area contributed by atoms with Crippen LogP contribution >= 0.6 is 0 Å². The Morgan fingerprint density at radius 1 is 1.41 bits per heavy atom. The zero-order chi connectivity index (χ0) is 12.8. The quantitative estimate of drug-likeness (QED) is 0.738. The van der Waals surface area contributed by atoms with E-state index in [1.165, 1.54) is 0 Å². The molecule has 0 aromatic carbocycles. The number of hydrogen-bond donors (Lipinski definition) is 2. The summed E-state index contributed by atoms with van der Waals surface area (Å²) in [5.74, 6) is -1.11. The third-order valence-electron chi connectivity index (χ3n) is 3.23. The first kappa shape index (κ1) is 13.7. The Kier molecular flexibility index (Phi) is 5.19. The fourth-order valence-electron chi connectivity index (χ4n) is 2.24. The highest BCUT2D eigenvalue weighted by Crippen LogP contribution is 2.24. The van der Waals surface area contributed by atoms with Gasteiger partial charge in [-0.25, -0.2) is 0 Å². The largest absolute Gasteiger partial charge is 0.481 e. The summed E-state index contributed by atoms with van der Waals surface area (Å²) in [6, 6.07) is 0.0116. The number of aliphatic carboxylic acids is 1. The van der Waals surface area contributed by atoms with Gasteiger partial charge in [0.2, 0.25) is 5.91 Å². The van der Waals surface area contributed by atoms with Crippen molar-refractivity contribution in [2.24, 2.45) is 5.92 Å². The van der Waals surface area contributed by atoms with E-state index < -0.39 is 5.97 Å². The SMILES string of the molecule is CCC=C(C)C(=O)NC1CCCC(C(=O)O)C1. The number of amides is 1. The van der Waals surface area contributed by atoms with Gasteiger partial charge in [-0.1, -0.05) is 19.4 Å². The van der Waals surface area contributed by atoms with Gasteiger partial charge in [0.15, 0.2) is 0 Å². The molecule has 1 saturated carbocycles. The maximum Gasteiger partial charge on any atom is 0.306 e. The normalized spacial score (nSPS) is 25.4. The standard InChI is InChI=1S/C13H21NO3/c1-3-5-9(2)12(15)14-11-7-4-6-10(8-11)13(16)17/h5,10-11H,3-4,6-8H2,1-2H3,(H,14,15)(H,16,17). The molecule has 0 saturated heterocycles. The van der Waals surface area contributed by atoms with Crippen molar-refractivity contribution >= 4 is 11.9 Å². The number of carbonyl (C=O) groups is 2. The zero-order valence-electron chi connectivity index (χ0n) is 10.5. The van der Waals surface area contributed by atoms with Gasteiger partial charge >= 0.3 is 5.97 Å². The molecule has 1 aliphatic carbocycles. The number of carboxylic acids is 1. The highest BCUT2D eigenvalue weighted by Gasteiger charge is 2.27. The molecular formula is C13H21NO3. The van der Waals surface area contributed by atoms with Crippen LogP contribution in [0.2, 0.25) is 0 Å². The summed E-state index contributed by atoms with van der Waals surface area (Å²) in [5, 5.41) is 11.9. The van der Waals surface area contributed by atoms with Crippen LogP contribution in [-0.2, 0) is 9.59 Å². The predicted molar refractivity (Wildman–Crippen MR) is 65.6 cm³/mol. The summed E-state index contributed by atoms with van der Waals surface area (Å²) >= 11 is 0. The number of rotatable bonds is 4. The van der Waals surface area contributed by atoms with Crippen molar-refractivity contribution in [1.29, 1.82) is 0 Å². The van der Waals surface area contributed by atoms with Crippen molar-refractivity contribution in [3.05, 3.63) is 11.6 Å². The van der Waals surface area contributed by atoms with E-state index in [4.69, 9.17) is 5.11 Å². The molecule has 2 atom stereocenters. The Hall–Kier alpha value is -1.32. The molecule has 17 heavy (non-hydrogen) atoms. The van der Waals surface area contributed by atoms with E-state index >= 15 is 0 Å². The van der Waals surface area contributed by atoms with Gasteiger partial charge < -0.3 is 10.4 Å². The molecule has 2 unspecified atom stereocenters. The van der Waals surface area contributed by atoms with E-state index in [9.17, 15) is 9.59 Å². The van der Waals surface area contributed by atoms with Crippen molar-refractivity contribution in [3.63, 3.8) is 0 Å². The smallest absolute Gasteiger partial charge is 0.306 e. The van der Waals surface area contributed by atoms with Crippen LogP contribution < -0.4 is 5.32 Å². The van der Waals surface area contributed by atoms with E-state index in [0.29, 0.717) is 12.0 Å². The molecule has 1 fully saturated rings. The fraction of sp³-hybridized carbons (Fsp3) is 0.692. The van der Waals surface area contributed by atoms with Gasteiger partial charge in [-0.05, 0) is 32.6 Å². The maximum atomic E-state index is 11.8. The van der Waals surface area contributed by atoms with Gasteiger partial charge in [0.1, 0.15) is 0 Å². The first-order valence-electron chi connectivity index (χ1n) is 6.25. The number of nitrogens with one attached hydrogen (secondary N) is 1. The second-order valence-corrected chi connectivity index (χ2v) is 4.67. The van der Waals surface area contributed by atoms with E-state index in [1.54, 1.807) is 6.92 Å². The molecule has 4 nitrogen and oxygen atoms in total. The van der Waals surface area contributed by atoms with Crippen molar-refractivity contribution in [3.8, 4) is 0 Å². The second kappa shape index (κ2) is 6.42. The molecule has 0 aliphatic heterocycles. The average Bonchev–Trinajstić information content (AvgIpc) is 2.29. The van der Waals surface area contributed by atoms with Gasteiger partial charge in [-0.15, -0.1) is 0 Å². The Balaban J connectivity index is 2.49. The molecule has 0 heterocycles. The Morgan fingerprint density at radius 3 is 2.71 bits per heavy atom. The van der Waals surface area contributed by atoms with Gasteiger partial charge in [0.05, 0.1) is 5.92 Å². The molecule has 0 aromatic heterocycles. The van der Waals surface area contributed by atoms with Gasteiger partial charge in [0, 0.05) is 11.6 Å². The zero-order valence-corrected chi connectivity index (χ0v) is 10.5. The van der Waals surface area contributed by atoms with Crippen LogP contribution in [-0.4, -0.2) is 23.0 Å². The highest BCUT2D eigenvalue weighted by atomic mass is 16.4. The lowest BCUT2D eigenvalue weighted by Crippen LogP contribution is -2.40. The van der Waals surface area contributed by atoms with Gasteiger partial charge in [-0.3, -0.25) is 9.59 Å². The van der Waals surface area contributed by atoms with Crippen molar-refractivity contribution in [2.45, 2.75) is 52.0 Å². The lowest BCUT2D eigenvalue weighted by Gasteiger charge is -2.27. The van der Waals surface area contributed by atoms with Crippen LogP contribution in [0.25, 0.3) is 0 Å². The third-order valence-corrected chi connectivity index (χ3v) is 3.23. The minimum Gasteiger partial charge on any atom is -0.481 e.